The fraction of sp³-hybridized carbons (Fsp3) is 0.333. The van der Waals surface area contributed by atoms with Gasteiger partial charge in [-0.2, -0.15) is 0 Å². The molecule has 1 amide bonds. The number of benzene rings is 1. The molecule has 1 aromatic carbocycles. The first-order valence-electron chi connectivity index (χ1n) is 7.93. The van der Waals surface area contributed by atoms with Crippen molar-refractivity contribution in [2.45, 2.75) is 24.9 Å². The van der Waals surface area contributed by atoms with Crippen molar-refractivity contribution < 1.29 is 19.1 Å². The van der Waals surface area contributed by atoms with Crippen molar-refractivity contribution >= 4 is 23.6 Å². The van der Waals surface area contributed by atoms with E-state index in [-0.39, 0.29) is 17.9 Å². The lowest BCUT2D eigenvalue weighted by Gasteiger charge is -2.48. The molecule has 0 bridgehead atoms. The third-order valence-corrected chi connectivity index (χ3v) is 5.45. The third kappa shape index (κ3) is 3.29. The summed E-state index contributed by atoms with van der Waals surface area (Å²) in [7, 11) is 1.59. The van der Waals surface area contributed by atoms with E-state index in [1.54, 1.807) is 31.0 Å². The van der Waals surface area contributed by atoms with Gasteiger partial charge in [0, 0.05) is 5.75 Å². The first kappa shape index (κ1) is 17.6. The Morgan fingerprint density at radius 3 is 2.76 bits per heavy atom. The standard InChI is InChI=1S/C18H20N2O4S/c1-3-4-12-10-25-17-14(19)16(21)20(17)15(12)18(22)24-9-11-5-7-13(23-2)8-6-11/h3-8,14,17H,9-10,19H2,1-2H3/b4-3-/t14?,17-/m1/s1. The van der Waals surface area contributed by atoms with E-state index in [2.05, 4.69) is 0 Å². The largest absolute Gasteiger partial charge is 0.497 e. The van der Waals surface area contributed by atoms with Crippen molar-refractivity contribution in [3.8, 4) is 5.75 Å². The van der Waals surface area contributed by atoms with E-state index in [9.17, 15) is 9.59 Å². The zero-order valence-electron chi connectivity index (χ0n) is 14.1. The lowest BCUT2D eigenvalue weighted by molar-refractivity contribution is -0.151. The number of hydrogen-bond donors (Lipinski definition) is 1. The van der Waals surface area contributed by atoms with Crippen LogP contribution in [0.5, 0.6) is 5.75 Å². The van der Waals surface area contributed by atoms with Gasteiger partial charge in [0.1, 0.15) is 29.5 Å². The minimum absolute atomic E-state index is 0.126. The molecule has 2 atom stereocenters. The van der Waals surface area contributed by atoms with E-state index in [4.69, 9.17) is 15.2 Å². The Hall–Kier alpha value is -2.25. The fourth-order valence-electron chi connectivity index (χ4n) is 2.80. The summed E-state index contributed by atoms with van der Waals surface area (Å²) in [6, 6.07) is 6.72. The van der Waals surface area contributed by atoms with Gasteiger partial charge < -0.3 is 15.2 Å². The zero-order chi connectivity index (χ0) is 18.0. The van der Waals surface area contributed by atoms with Crippen LogP contribution in [0, 0.1) is 0 Å². The number of nitrogens with zero attached hydrogens (tertiary/aromatic N) is 1. The van der Waals surface area contributed by atoms with E-state index >= 15 is 0 Å². The van der Waals surface area contributed by atoms with Crippen LogP contribution in [0.15, 0.2) is 47.7 Å². The molecule has 0 spiro atoms. The maximum absolute atomic E-state index is 12.6. The third-order valence-electron chi connectivity index (χ3n) is 4.13. The van der Waals surface area contributed by atoms with Crippen LogP contribution in [-0.2, 0) is 20.9 Å². The van der Waals surface area contributed by atoms with E-state index in [1.165, 1.54) is 4.90 Å². The van der Waals surface area contributed by atoms with Crippen LogP contribution in [0.2, 0.25) is 0 Å². The van der Waals surface area contributed by atoms with Gasteiger partial charge in [-0.15, -0.1) is 11.8 Å². The predicted octanol–water partition coefficient (Wildman–Crippen LogP) is 1.81. The summed E-state index contributed by atoms with van der Waals surface area (Å²) >= 11 is 1.56. The number of hydrogen-bond acceptors (Lipinski definition) is 6. The lowest BCUT2D eigenvalue weighted by atomic mass is 10.0. The molecule has 1 unspecified atom stereocenters. The number of allylic oxidation sites excluding steroid dienone is 2. The second-order valence-corrected chi connectivity index (χ2v) is 6.84. The maximum Gasteiger partial charge on any atom is 0.355 e. The molecule has 1 saturated heterocycles. The van der Waals surface area contributed by atoms with Crippen LogP contribution < -0.4 is 10.5 Å². The average Bonchev–Trinajstić information content (AvgIpc) is 2.65. The second kappa shape index (κ2) is 7.33. The van der Waals surface area contributed by atoms with Crippen molar-refractivity contribution in [2.24, 2.45) is 5.73 Å². The van der Waals surface area contributed by atoms with Crippen molar-refractivity contribution in [2.75, 3.05) is 12.9 Å². The normalized spacial score (nSPS) is 22.7. The number of carbonyl (C=O) groups is 2. The summed E-state index contributed by atoms with van der Waals surface area (Å²) < 4.78 is 10.5. The minimum atomic E-state index is -0.554. The van der Waals surface area contributed by atoms with Gasteiger partial charge >= 0.3 is 5.97 Å². The zero-order valence-corrected chi connectivity index (χ0v) is 14.9. The first-order valence-corrected chi connectivity index (χ1v) is 8.98. The van der Waals surface area contributed by atoms with Crippen LogP contribution in [0.4, 0.5) is 0 Å². The summed E-state index contributed by atoms with van der Waals surface area (Å²) in [6.07, 6.45) is 3.68. The molecule has 1 fully saturated rings. The topological polar surface area (TPSA) is 81.9 Å². The molecule has 0 saturated carbocycles. The quantitative estimate of drug-likeness (QED) is 0.637. The summed E-state index contributed by atoms with van der Waals surface area (Å²) in [4.78, 5) is 26.2. The Bertz CT molecular complexity index is 742. The smallest absolute Gasteiger partial charge is 0.355 e. The predicted molar refractivity (Wildman–Crippen MR) is 95.7 cm³/mol. The molecular formula is C18H20N2O4S. The molecule has 25 heavy (non-hydrogen) atoms. The molecule has 1 aromatic rings. The summed E-state index contributed by atoms with van der Waals surface area (Å²) in [5.74, 6) is 0.616. The highest BCUT2D eigenvalue weighted by molar-refractivity contribution is 8.00. The summed E-state index contributed by atoms with van der Waals surface area (Å²) in [6.45, 7) is 2.00. The Kier molecular flexibility index (Phi) is 5.15. The molecule has 2 aliphatic rings. The molecule has 2 N–H and O–H groups in total. The van der Waals surface area contributed by atoms with Crippen LogP contribution in [0.1, 0.15) is 12.5 Å². The Balaban J connectivity index is 1.76. The van der Waals surface area contributed by atoms with Gasteiger partial charge in [-0.05, 0) is 30.2 Å². The number of thioether (sulfide) groups is 1. The minimum Gasteiger partial charge on any atom is -0.497 e. The molecule has 7 heteroatoms. The maximum atomic E-state index is 12.6. The Morgan fingerprint density at radius 1 is 1.40 bits per heavy atom. The van der Waals surface area contributed by atoms with E-state index < -0.39 is 12.0 Å². The monoisotopic (exact) mass is 360 g/mol. The van der Waals surface area contributed by atoms with Gasteiger partial charge in [0.15, 0.2) is 0 Å². The van der Waals surface area contributed by atoms with Gasteiger partial charge in [0.2, 0.25) is 5.91 Å². The van der Waals surface area contributed by atoms with Gasteiger partial charge in [-0.25, -0.2) is 4.79 Å². The van der Waals surface area contributed by atoms with Gasteiger partial charge in [0.25, 0.3) is 0 Å². The van der Waals surface area contributed by atoms with Crippen molar-refractivity contribution in [3.05, 3.63) is 53.3 Å². The molecule has 2 aliphatic heterocycles. The second-order valence-electron chi connectivity index (χ2n) is 5.73. The molecule has 6 nitrogen and oxygen atoms in total. The number of fused-ring (bicyclic) bond motifs is 1. The number of β-lactam (4-membered cyclic amide) rings is 1. The highest BCUT2D eigenvalue weighted by Crippen LogP contribution is 2.40. The summed E-state index contributed by atoms with van der Waals surface area (Å²) in [5, 5.41) is -0.190. The molecule has 0 aromatic heterocycles. The van der Waals surface area contributed by atoms with E-state index in [1.807, 2.05) is 31.2 Å². The fourth-order valence-corrected chi connectivity index (χ4v) is 4.06. The highest BCUT2D eigenvalue weighted by Gasteiger charge is 2.51. The van der Waals surface area contributed by atoms with Crippen LogP contribution in [0.25, 0.3) is 0 Å². The van der Waals surface area contributed by atoms with Crippen LogP contribution >= 0.6 is 11.8 Å². The number of rotatable bonds is 5. The average molecular weight is 360 g/mol. The SMILES string of the molecule is C/C=C\C1=C(C(=O)OCc2ccc(OC)cc2)N2C(=O)C(N)[C@H]2SC1. The molecule has 0 radical (unpaired) electrons. The molecule has 132 valence electrons. The van der Waals surface area contributed by atoms with Crippen molar-refractivity contribution in [3.63, 3.8) is 0 Å². The molecule has 0 aliphatic carbocycles. The van der Waals surface area contributed by atoms with E-state index in [0.29, 0.717) is 11.4 Å². The summed E-state index contributed by atoms with van der Waals surface area (Å²) in [5.41, 5.74) is 7.77. The first-order chi connectivity index (χ1) is 12.1. The van der Waals surface area contributed by atoms with Gasteiger partial charge in [0.05, 0.1) is 7.11 Å². The number of nitrogens with two attached hydrogens (primary N) is 1. The highest BCUT2D eigenvalue weighted by atomic mass is 32.2. The molecule has 3 rings (SSSR count). The molecule has 2 heterocycles. The number of amides is 1. The number of carbonyl (C=O) groups excluding carboxylic acids is 2. The van der Waals surface area contributed by atoms with Gasteiger partial charge in [-0.3, -0.25) is 9.69 Å². The number of ether oxygens (including phenoxy) is 2. The van der Waals surface area contributed by atoms with Gasteiger partial charge in [-0.1, -0.05) is 24.3 Å². The van der Waals surface area contributed by atoms with Crippen LogP contribution in [0.3, 0.4) is 0 Å². The molecular weight excluding hydrogens is 340 g/mol. The van der Waals surface area contributed by atoms with E-state index in [0.717, 1.165) is 16.9 Å². The number of esters is 1. The lowest BCUT2D eigenvalue weighted by Crippen LogP contribution is -2.68. The van der Waals surface area contributed by atoms with Crippen molar-refractivity contribution in [1.29, 1.82) is 0 Å². The Labute approximate surface area is 150 Å². The van der Waals surface area contributed by atoms with Crippen LogP contribution in [-0.4, -0.2) is 41.1 Å². The Morgan fingerprint density at radius 2 is 2.12 bits per heavy atom. The van der Waals surface area contributed by atoms with Crippen molar-refractivity contribution in [1.82, 2.24) is 4.90 Å². The number of methoxy groups -OCH3 is 1.